The zero-order chi connectivity index (χ0) is 8.15. The highest BCUT2D eigenvalue weighted by molar-refractivity contribution is 5.72. The van der Waals surface area contributed by atoms with E-state index in [9.17, 15) is 18.0 Å². The third-order valence-corrected chi connectivity index (χ3v) is 0.938. The summed E-state index contributed by atoms with van der Waals surface area (Å²) in [6.45, 7) is -1.05. The van der Waals surface area contributed by atoms with Crippen molar-refractivity contribution in [2.45, 2.75) is 18.8 Å². The lowest BCUT2D eigenvalue weighted by atomic mass is 10.2. The number of rotatable bonds is 4. The molecule has 0 bridgehead atoms. The average molecular weight is 156 g/mol. The maximum absolute atomic E-state index is 12.1. The van der Waals surface area contributed by atoms with Crippen molar-refractivity contribution in [1.82, 2.24) is 0 Å². The Kier molecular flexibility index (Phi) is 3.83. The molecular formula is C5H7F3O2. The number of carboxylic acid groups (broad SMARTS) is 1. The SMILES string of the molecule is O=C(O)C(F)C(F)CCF. The van der Waals surface area contributed by atoms with Gasteiger partial charge in [0, 0.05) is 6.42 Å². The molecule has 0 spiro atoms. The van der Waals surface area contributed by atoms with E-state index < -0.39 is 31.4 Å². The quantitative estimate of drug-likeness (QED) is 0.661. The molecule has 0 rings (SSSR count). The number of carbonyl (C=O) groups is 1. The van der Waals surface area contributed by atoms with Gasteiger partial charge in [-0.1, -0.05) is 0 Å². The lowest BCUT2D eigenvalue weighted by molar-refractivity contribution is -0.145. The Morgan fingerprint density at radius 2 is 2.00 bits per heavy atom. The van der Waals surface area contributed by atoms with Gasteiger partial charge in [0.2, 0.25) is 6.17 Å². The van der Waals surface area contributed by atoms with Gasteiger partial charge in [-0.25, -0.2) is 13.6 Å². The van der Waals surface area contributed by atoms with Gasteiger partial charge in [0.25, 0.3) is 0 Å². The summed E-state index contributed by atoms with van der Waals surface area (Å²) < 4.78 is 35.3. The third kappa shape index (κ3) is 2.70. The highest BCUT2D eigenvalue weighted by atomic mass is 19.2. The second-order valence-corrected chi connectivity index (χ2v) is 1.73. The van der Waals surface area contributed by atoms with E-state index >= 15 is 0 Å². The van der Waals surface area contributed by atoms with Gasteiger partial charge >= 0.3 is 5.97 Å². The first-order valence-electron chi connectivity index (χ1n) is 2.66. The molecule has 0 saturated carbocycles. The van der Waals surface area contributed by atoms with Crippen LogP contribution in [0.25, 0.3) is 0 Å². The number of halogens is 3. The highest BCUT2D eigenvalue weighted by Crippen LogP contribution is 2.08. The Labute approximate surface area is 55.7 Å². The summed E-state index contributed by atoms with van der Waals surface area (Å²) in [5.74, 6) is -1.89. The van der Waals surface area contributed by atoms with Crippen LogP contribution in [-0.2, 0) is 4.79 Å². The van der Waals surface area contributed by atoms with E-state index in [1.54, 1.807) is 0 Å². The van der Waals surface area contributed by atoms with Crippen molar-refractivity contribution < 1.29 is 23.1 Å². The van der Waals surface area contributed by atoms with Crippen molar-refractivity contribution in [2.75, 3.05) is 6.67 Å². The molecule has 5 heteroatoms. The van der Waals surface area contributed by atoms with Crippen molar-refractivity contribution in [3.05, 3.63) is 0 Å². The van der Waals surface area contributed by atoms with Crippen molar-refractivity contribution in [3.63, 3.8) is 0 Å². The van der Waals surface area contributed by atoms with Gasteiger partial charge in [-0.05, 0) is 0 Å². The fourth-order valence-corrected chi connectivity index (χ4v) is 0.405. The molecule has 60 valence electrons. The van der Waals surface area contributed by atoms with Crippen molar-refractivity contribution in [2.24, 2.45) is 0 Å². The lowest BCUT2D eigenvalue weighted by Gasteiger charge is -2.05. The monoisotopic (exact) mass is 156 g/mol. The summed E-state index contributed by atoms with van der Waals surface area (Å²) in [6, 6.07) is 0. The van der Waals surface area contributed by atoms with E-state index in [0.29, 0.717) is 0 Å². The lowest BCUT2D eigenvalue weighted by Crippen LogP contribution is -2.26. The second kappa shape index (κ2) is 4.14. The van der Waals surface area contributed by atoms with Gasteiger partial charge in [-0.15, -0.1) is 0 Å². The van der Waals surface area contributed by atoms with E-state index in [1.807, 2.05) is 0 Å². The first-order valence-corrected chi connectivity index (χ1v) is 2.66. The van der Waals surface area contributed by atoms with Crippen LogP contribution in [0.4, 0.5) is 13.2 Å². The maximum Gasteiger partial charge on any atom is 0.341 e. The van der Waals surface area contributed by atoms with Crippen molar-refractivity contribution in [1.29, 1.82) is 0 Å². The summed E-state index contributed by atoms with van der Waals surface area (Å²) in [4.78, 5) is 9.68. The summed E-state index contributed by atoms with van der Waals surface area (Å²) in [5.41, 5.74) is 0. The molecule has 1 N–H and O–H groups in total. The Hall–Kier alpha value is -0.740. The number of aliphatic carboxylic acids is 1. The molecule has 0 aromatic rings. The van der Waals surface area contributed by atoms with Crippen LogP contribution in [0.2, 0.25) is 0 Å². The molecule has 0 amide bonds. The molecular weight excluding hydrogens is 149 g/mol. The Morgan fingerprint density at radius 1 is 1.50 bits per heavy atom. The minimum Gasteiger partial charge on any atom is -0.479 e. The number of hydrogen-bond acceptors (Lipinski definition) is 1. The zero-order valence-electron chi connectivity index (χ0n) is 5.06. The first kappa shape index (κ1) is 9.26. The fourth-order valence-electron chi connectivity index (χ4n) is 0.405. The summed E-state index contributed by atoms with van der Waals surface area (Å²) in [5, 5.41) is 7.84. The topological polar surface area (TPSA) is 37.3 Å². The second-order valence-electron chi connectivity index (χ2n) is 1.73. The van der Waals surface area contributed by atoms with E-state index in [0.717, 1.165) is 0 Å². The maximum atomic E-state index is 12.1. The molecule has 0 aliphatic rings. The molecule has 0 aromatic heterocycles. The highest BCUT2D eigenvalue weighted by Gasteiger charge is 2.26. The van der Waals surface area contributed by atoms with Gasteiger partial charge in [0.1, 0.15) is 6.17 Å². The molecule has 2 nitrogen and oxygen atoms in total. The smallest absolute Gasteiger partial charge is 0.341 e. The number of alkyl halides is 3. The first-order chi connectivity index (χ1) is 4.59. The molecule has 0 aliphatic heterocycles. The molecule has 0 aromatic carbocycles. The van der Waals surface area contributed by atoms with Crippen LogP contribution in [0.3, 0.4) is 0 Å². The van der Waals surface area contributed by atoms with Crippen molar-refractivity contribution in [3.8, 4) is 0 Å². The van der Waals surface area contributed by atoms with Crippen LogP contribution in [0.15, 0.2) is 0 Å². The van der Waals surface area contributed by atoms with Gasteiger partial charge in [-0.3, -0.25) is 4.39 Å². The molecule has 2 unspecified atom stereocenters. The minimum atomic E-state index is -2.60. The summed E-state index contributed by atoms with van der Waals surface area (Å²) in [7, 11) is 0. The third-order valence-electron chi connectivity index (χ3n) is 0.938. The van der Waals surface area contributed by atoms with E-state index in [-0.39, 0.29) is 0 Å². The Balaban J connectivity index is 3.69. The molecule has 0 heterocycles. The van der Waals surface area contributed by atoms with E-state index in [2.05, 4.69) is 0 Å². The summed E-state index contributed by atoms with van der Waals surface area (Å²) >= 11 is 0. The largest absolute Gasteiger partial charge is 0.479 e. The molecule has 10 heavy (non-hydrogen) atoms. The van der Waals surface area contributed by atoms with E-state index in [4.69, 9.17) is 5.11 Å². The van der Waals surface area contributed by atoms with Crippen molar-refractivity contribution >= 4 is 5.97 Å². The van der Waals surface area contributed by atoms with Gasteiger partial charge in [0.05, 0.1) is 6.67 Å². The van der Waals surface area contributed by atoms with Crippen LogP contribution < -0.4 is 0 Å². The zero-order valence-corrected chi connectivity index (χ0v) is 5.06. The molecule has 0 radical (unpaired) electrons. The van der Waals surface area contributed by atoms with Crippen LogP contribution in [0.1, 0.15) is 6.42 Å². The standard InChI is InChI=1S/C5H7F3O2/c6-2-1-3(7)4(8)5(9)10/h3-4H,1-2H2,(H,9,10). The summed E-state index contributed by atoms with van der Waals surface area (Å²) in [6.07, 6.45) is -5.54. The van der Waals surface area contributed by atoms with E-state index in [1.165, 1.54) is 0 Å². The van der Waals surface area contributed by atoms with Crippen LogP contribution in [-0.4, -0.2) is 30.1 Å². The molecule has 0 saturated heterocycles. The van der Waals surface area contributed by atoms with Crippen LogP contribution in [0, 0.1) is 0 Å². The fraction of sp³-hybridized carbons (Fsp3) is 0.800. The molecule has 0 aliphatic carbocycles. The predicted molar refractivity (Wildman–Crippen MR) is 28.0 cm³/mol. The Morgan fingerprint density at radius 3 is 2.30 bits per heavy atom. The van der Waals surface area contributed by atoms with Gasteiger partial charge in [0.15, 0.2) is 0 Å². The Bertz CT molecular complexity index is 117. The number of hydrogen-bond donors (Lipinski definition) is 1. The predicted octanol–water partition coefficient (Wildman–Crippen LogP) is 1.11. The number of carboxylic acids is 1. The van der Waals surface area contributed by atoms with Crippen LogP contribution in [0.5, 0.6) is 0 Å². The minimum absolute atomic E-state index is 0.701. The van der Waals surface area contributed by atoms with Gasteiger partial charge in [-0.2, -0.15) is 0 Å². The molecule has 0 fully saturated rings. The normalized spacial score (nSPS) is 16.3. The van der Waals surface area contributed by atoms with Gasteiger partial charge < -0.3 is 5.11 Å². The molecule has 2 atom stereocenters. The average Bonchev–Trinajstić information content (AvgIpc) is 1.87. The van der Waals surface area contributed by atoms with Crippen LogP contribution >= 0.6 is 0 Å².